The molecule has 118 valence electrons. The van der Waals surface area contributed by atoms with Crippen LogP contribution in [0.25, 0.3) is 0 Å². The summed E-state index contributed by atoms with van der Waals surface area (Å²) in [5, 5.41) is 15.4. The topological polar surface area (TPSA) is 70.6 Å². The van der Waals surface area contributed by atoms with Gasteiger partial charge in [-0.25, -0.2) is 4.79 Å². The maximum atomic E-state index is 11.7. The van der Waals surface area contributed by atoms with Gasteiger partial charge in [0, 0.05) is 19.1 Å². The van der Waals surface area contributed by atoms with Crippen LogP contribution in [-0.2, 0) is 11.3 Å². The van der Waals surface area contributed by atoms with Gasteiger partial charge in [0.05, 0.1) is 0 Å². The number of rotatable bonds is 6. The molecular weight excluding hydrogens is 268 g/mol. The minimum absolute atomic E-state index is 0.0250. The number of alkyl carbamates (subject to hydrolysis) is 1. The summed E-state index contributed by atoms with van der Waals surface area (Å²) in [5.41, 5.74) is 0.599. The van der Waals surface area contributed by atoms with Gasteiger partial charge in [0.25, 0.3) is 0 Å². The Bertz CT molecular complexity index is 438. The molecule has 0 aromatic heterocycles. The summed E-state index contributed by atoms with van der Waals surface area (Å²) >= 11 is 0. The van der Waals surface area contributed by atoms with Crippen molar-refractivity contribution >= 4 is 6.09 Å². The zero-order chi connectivity index (χ0) is 15.9. The number of ether oxygens (including phenoxy) is 1. The number of nitrogens with one attached hydrogen (secondary N) is 2. The molecule has 1 aromatic carbocycles. The van der Waals surface area contributed by atoms with Crippen LogP contribution in [0.1, 0.15) is 39.7 Å². The van der Waals surface area contributed by atoms with E-state index in [1.54, 1.807) is 12.1 Å². The average molecular weight is 294 g/mol. The van der Waals surface area contributed by atoms with Gasteiger partial charge in [0.2, 0.25) is 0 Å². The van der Waals surface area contributed by atoms with Crippen molar-refractivity contribution in [2.45, 2.75) is 52.3 Å². The second-order valence-corrected chi connectivity index (χ2v) is 6.05. The normalized spacial score (nSPS) is 12.8. The molecule has 1 unspecified atom stereocenters. The van der Waals surface area contributed by atoms with E-state index < -0.39 is 5.60 Å². The highest BCUT2D eigenvalue weighted by atomic mass is 16.6. The smallest absolute Gasteiger partial charge is 0.407 e. The quantitative estimate of drug-likeness (QED) is 0.754. The van der Waals surface area contributed by atoms with E-state index in [2.05, 4.69) is 10.6 Å². The second-order valence-electron chi connectivity index (χ2n) is 6.05. The monoisotopic (exact) mass is 294 g/mol. The van der Waals surface area contributed by atoms with Crippen molar-refractivity contribution in [1.29, 1.82) is 0 Å². The number of carbonyl (C=O) groups is 1. The van der Waals surface area contributed by atoms with E-state index in [-0.39, 0.29) is 17.9 Å². The molecule has 0 fully saturated rings. The van der Waals surface area contributed by atoms with Crippen LogP contribution in [0, 0.1) is 0 Å². The third-order valence-electron chi connectivity index (χ3n) is 2.87. The average Bonchev–Trinajstić information content (AvgIpc) is 2.37. The molecule has 0 radical (unpaired) electrons. The number of phenolic OH excluding ortho intramolecular Hbond substituents is 1. The van der Waals surface area contributed by atoms with E-state index in [1.165, 1.54) is 0 Å². The molecule has 0 bridgehead atoms. The first-order valence-electron chi connectivity index (χ1n) is 7.28. The Morgan fingerprint density at radius 2 is 1.90 bits per heavy atom. The minimum Gasteiger partial charge on any atom is -0.508 e. The van der Waals surface area contributed by atoms with Crippen molar-refractivity contribution in [1.82, 2.24) is 10.6 Å². The SMILES string of the molecule is CCC(CNCc1ccc(O)cc1)NC(=O)OC(C)(C)C. The molecule has 0 aliphatic rings. The number of phenols is 1. The summed E-state index contributed by atoms with van der Waals surface area (Å²) in [4.78, 5) is 11.7. The van der Waals surface area contributed by atoms with E-state index in [0.717, 1.165) is 12.0 Å². The molecule has 1 rings (SSSR count). The zero-order valence-electron chi connectivity index (χ0n) is 13.3. The van der Waals surface area contributed by atoms with Crippen LogP contribution in [0.4, 0.5) is 4.79 Å². The third-order valence-corrected chi connectivity index (χ3v) is 2.87. The molecule has 0 saturated heterocycles. The molecule has 0 spiro atoms. The van der Waals surface area contributed by atoms with Crippen molar-refractivity contribution in [3.8, 4) is 5.75 Å². The molecule has 21 heavy (non-hydrogen) atoms. The first-order chi connectivity index (χ1) is 9.80. The maximum Gasteiger partial charge on any atom is 0.407 e. The fourth-order valence-electron chi connectivity index (χ4n) is 1.78. The highest BCUT2D eigenvalue weighted by Gasteiger charge is 2.18. The van der Waals surface area contributed by atoms with Crippen LogP contribution in [-0.4, -0.2) is 29.4 Å². The lowest BCUT2D eigenvalue weighted by Crippen LogP contribution is -2.43. The van der Waals surface area contributed by atoms with Gasteiger partial charge in [-0.2, -0.15) is 0 Å². The first kappa shape index (κ1) is 17.3. The number of benzene rings is 1. The summed E-state index contributed by atoms with van der Waals surface area (Å²) in [6.07, 6.45) is 0.433. The number of aromatic hydroxyl groups is 1. The lowest BCUT2D eigenvalue weighted by atomic mass is 10.2. The lowest BCUT2D eigenvalue weighted by molar-refractivity contribution is 0.0502. The van der Waals surface area contributed by atoms with Crippen molar-refractivity contribution in [2.24, 2.45) is 0 Å². The predicted octanol–water partition coefficient (Wildman–Crippen LogP) is 2.79. The molecule has 1 aromatic rings. The molecule has 5 nitrogen and oxygen atoms in total. The van der Waals surface area contributed by atoms with Gasteiger partial charge >= 0.3 is 6.09 Å². The van der Waals surface area contributed by atoms with E-state index >= 15 is 0 Å². The second kappa shape index (κ2) is 7.88. The van der Waals surface area contributed by atoms with E-state index in [4.69, 9.17) is 4.74 Å². The molecule has 0 saturated carbocycles. The van der Waals surface area contributed by atoms with Crippen molar-refractivity contribution in [3.63, 3.8) is 0 Å². The number of hydrogen-bond acceptors (Lipinski definition) is 4. The van der Waals surface area contributed by atoms with Crippen LogP contribution in [0.2, 0.25) is 0 Å². The van der Waals surface area contributed by atoms with Crippen LogP contribution >= 0.6 is 0 Å². The number of carbonyl (C=O) groups excluding carboxylic acids is 1. The Hall–Kier alpha value is -1.75. The van der Waals surface area contributed by atoms with Crippen LogP contribution in [0.5, 0.6) is 5.75 Å². The third kappa shape index (κ3) is 7.56. The Kier molecular flexibility index (Phi) is 6.49. The van der Waals surface area contributed by atoms with Gasteiger partial charge < -0.3 is 20.5 Å². The van der Waals surface area contributed by atoms with Crippen LogP contribution < -0.4 is 10.6 Å². The van der Waals surface area contributed by atoms with Gasteiger partial charge in [-0.05, 0) is 44.9 Å². The summed E-state index contributed by atoms with van der Waals surface area (Å²) in [6.45, 7) is 8.90. The molecule has 0 heterocycles. The maximum absolute atomic E-state index is 11.7. The molecule has 5 heteroatoms. The Labute approximate surface area is 126 Å². The highest BCUT2D eigenvalue weighted by Crippen LogP contribution is 2.09. The summed E-state index contributed by atoms with van der Waals surface area (Å²) in [6, 6.07) is 7.08. The molecule has 3 N–H and O–H groups in total. The van der Waals surface area contributed by atoms with Gasteiger partial charge in [-0.1, -0.05) is 19.1 Å². The van der Waals surface area contributed by atoms with Crippen LogP contribution in [0.3, 0.4) is 0 Å². The van der Waals surface area contributed by atoms with E-state index in [9.17, 15) is 9.90 Å². The largest absolute Gasteiger partial charge is 0.508 e. The van der Waals surface area contributed by atoms with Gasteiger partial charge in [0.1, 0.15) is 11.4 Å². The standard InChI is InChI=1S/C16H26N2O3/c1-5-13(18-15(20)21-16(2,3)4)11-17-10-12-6-8-14(19)9-7-12/h6-9,13,17,19H,5,10-11H2,1-4H3,(H,18,20). The molecule has 0 aliphatic carbocycles. The minimum atomic E-state index is -0.484. The summed E-state index contributed by atoms with van der Waals surface area (Å²) < 4.78 is 5.24. The Morgan fingerprint density at radius 3 is 2.43 bits per heavy atom. The summed E-state index contributed by atoms with van der Waals surface area (Å²) in [5.74, 6) is 0.261. The van der Waals surface area contributed by atoms with Crippen molar-refractivity contribution in [2.75, 3.05) is 6.54 Å². The highest BCUT2D eigenvalue weighted by molar-refractivity contribution is 5.68. The fourth-order valence-corrected chi connectivity index (χ4v) is 1.78. The number of amides is 1. The van der Waals surface area contributed by atoms with Crippen molar-refractivity contribution in [3.05, 3.63) is 29.8 Å². The molecular formula is C16H26N2O3. The van der Waals surface area contributed by atoms with E-state index in [0.29, 0.717) is 13.1 Å². The van der Waals surface area contributed by atoms with Gasteiger partial charge in [-0.3, -0.25) is 0 Å². The van der Waals surface area contributed by atoms with Crippen molar-refractivity contribution < 1.29 is 14.6 Å². The van der Waals surface area contributed by atoms with Crippen LogP contribution in [0.15, 0.2) is 24.3 Å². The molecule has 1 amide bonds. The first-order valence-corrected chi connectivity index (χ1v) is 7.28. The molecule has 0 aliphatic heterocycles. The summed E-state index contributed by atoms with van der Waals surface area (Å²) in [7, 11) is 0. The van der Waals surface area contributed by atoms with E-state index in [1.807, 2.05) is 39.8 Å². The van der Waals surface area contributed by atoms with Gasteiger partial charge in [-0.15, -0.1) is 0 Å². The Balaban J connectivity index is 2.34. The van der Waals surface area contributed by atoms with Gasteiger partial charge in [0.15, 0.2) is 0 Å². The fraction of sp³-hybridized carbons (Fsp3) is 0.562. The molecule has 1 atom stereocenters. The Morgan fingerprint density at radius 1 is 1.29 bits per heavy atom. The number of hydrogen-bond donors (Lipinski definition) is 3. The zero-order valence-corrected chi connectivity index (χ0v) is 13.3. The predicted molar refractivity (Wildman–Crippen MR) is 83.3 cm³/mol. The lowest BCUT2D eigenvalue weighted by Gasteiger charge is -2.23.